The normalized spacial score (nSPS) is 12.2. The third-order valence-electron chi connectivity index (χ3n) is 4.17. The number of hydroxylamine groups is 1. The predicted molar refractivity (Wildman–Crippen MR) is 104 cm³/mol. The molecule has 0 unspecified atom stereocenters. The van der Waals surface area contributed by atoms with Crippen LogP contribution in [0.1, 0.15) is 11.1 Å². The Labute approximate surface area is 155 Å². The number of amides is 2. The van der Waals surface area contributed by atoms with Crippen molar-refractivity contribution in [2.45, 2.75) is 12.5 Å². The second kappa shape index (κ2) is 8.31. The van der Waals surface area contributed by atoms with E-state index < -0.39 is 11.9 Å². The summed E-state index contributed by atoms with van der Waals surface area (Å²) < 4.78 is 0. The number of aromatic amines is 1. The lowest BCUT2D eigenvalue weighted by molar-refractivity contribution is -0.124. The molecule has 2 aromatic carbocycles. The molecule has 3 aromatic rings. The van der Waals surface area contributed by atoms with Crippen molar-refractivity contribution < 1.29 is 14.8 Å². The van der Waals surface area contributed by atoms with Gasteiger partial charge in [-0.05, 0) is 41.8 Å². The molecule has 0 aliphatic heterocycles. The average Bonchev–Trinajstić information content (AvgIpc) is 3.10. The zero-order valence-corrected chi connectivity index (χ0v) is 14.5. The first kappa shape index (κ1) is 18.4. The zero-order chi connectivity index (χ0) is 19.2. The molecule has 7 nitrogen and oxygen atoms in total. The van der Waals surface area contributed by atoms with Gasteiger partial charge < -0.3 is 16.0 Å². The standard InChI is InChI=1S/C20H20N4O3/c21-17(11-14-12-22-18-4-2-1-3-16(14)18)20(26)23-15-8-5-13(6-9-15)7-10-19(25)24-27/h1-10,12,17,22,27H,11,21H2,(H,23,26)(H,24,25)/t17-/m0/s1. The minimum Gasteiger partial charge on any atom is -0.361 e. The summed E-state index contributed by atoms with van der Waals surface area (Å²) in [4.78, 5) is 26.5. The number of carbonyl (C=O) groups is 2. The first-order valence-electron chi connectivity index (χ1n) is 8.40. The van der Waals surface area contributed by atoms with Gasteiger partial charge in [0.15, 0.2) is 0 Å². The van der Waals surface area contributed by atoms with Gasteiger partial charge in [-0.2, -0.15) is 0 Å². The monoisotopic (exact) mass is 364 g/mol. The number of carbonyl (C=O) groups excluding carboxylic acids is 2. The maximum atomic E-state index is 12.4. The number of nitrogens with two attached hydrogens (primary N) is 1. The summed E-state index contributed by atoms with van der Waals surface area (Å²) in [6.45, 7) is 0. The highest BCUT2D eigenvalue weighted by molar-refractivity contribution is 5.95. The first-order valence-corrected chi connectivity index (χ1v) is 8.40. The second-order valence-corrected chi connectivity index (χ2v) is 6.09. The Kier molecular flexibility index (Phi) is 5.65. The Morgan fingerprint density at radius 3 is 2.63 bits per heavy atom. The minimum atomic E-state index is -0.683. The van der Waals surface area contributed by atoms with E-state index in [1.165, 1.54) is 11.6 Å². The summed E-state index contributed by atoms with van der Waals surface area (Å²) >= 11 is 0. The van der Waals surface area contributed by atoms with Crippen molar-refractivity contribution in [2.24, 2.45) is 5.73 Å². The molecular formula is C20H20N4O3. The van der Waals surface area contributed by atoms with Gasteiger partial charge in [0.25, 0.3) is 5.91 Å². The number of nitrogens with one attached hydrogen (secondary N) is 3. The Morgan fingerprint density at radius 1 is 1.15 bits per heavy atom. The maximum absolute atomic E-state index is 12.4. The van der Waals surface area contributed by atoms with E-state index in [1.54, 1.807) is 30.3 Å². The highest BCUT2D eigenvalue weighted by Gasteiger charge is 2.16. The largest absolute Gasteiger partial charge is 0.361 e. The highest BCUT2D eigenvalue weighted by atomic mass is 16.5. The highest BCUT2D eigenvalue weighted by Crippen LogP contribution is 2.19. The molecule has 0 aliphatic carbocycles. The molecule has 7 heteroatoms. The lowest BCUT2D eigenvalue weighted by atomic mass is 10.0. The zero-order valence-electron chi connectivity index (χ0n) is 14.5. The number of hydrogen-bond donors (Lipinski definition) is 5. The number of aromatic nitrogens is 1. The van der Waals surface area contributed by atoms with Crippen LogP contribution in [0.25, 0.3) is 17.0 Å². The number of anilines is 1. The van der Waals surface area contributed by atoms with E-state index in [2.05, 4.69) is 10.3 Å². The van der Waals surface area contributed by atoms with E-state index in [0.29, 0.717) is 12.1 Å². The summed E-state index contributed by atoms with van der Waals surface area (Å²) in [7, 11) is 0. The van der Waals surface area contributed by atoms with E-state index in [1.807, 2.05) is 30.5 Å². The van der Waals surface area contributed by atoms with Gasteiger partial charge in [0.1, 0.15) is 0 Å². The van der Waals surface area contributed by atoms with Crippen LogP contribution in [-0.4, -0.2) is 28.0 Å². The van der Waals surface area contributed by atoms with E-state index in [0.717, 1.165) is 22.0 Å². The van der Waals surface area contributed by atoms with Gasteiger partial charge in [-0.25, -0.2) is 5.48 Å². The molecule has 0 saturated carbocycles. The Bertz CT molecular complexity index is 976. The van der Waals surface area contributed by atoms with E-state index in [9.17, 15) is 9.59 Å². The molecule has 2 amide bonds. The van der Waals surface area contributed by atoms with Crippen LogP contribution in [-0.2, 0) is 16.0 Å². The van der Waals surface area contributed by atoms with Crippen molar-refractivity contribution in [3.05, 3.63) is 71.9 Å². The van der Waals surface area contributed by atoms with E-state index in [4.69, 9.17) is 10.9 Å². The first-order chi connectivity index (χ1) is 13.1. The van der Waals surface area contributed by atoms with Gasteiger partial charge in [0.2, 0.25) is 5.91 Å². The molecule has 27 heavy (non-hydrogen) atoms. The molecule has 0 fully saturated rings. The summed E-state index contributed by atoms with van der Waals surface area (Å²) in [5, 5.41) is 12.3. The maximum Gasteiger partial charge on any atom is 0.267 e. The van der Waals surface area contributed by atoms with Gasteiger partial charge in [-0.1, -0.05) is 30.3 Å². The van der Waals surface area contributed by atoms with Crippen molar-refractivity contribution in [2.75, 3.05) is 5.32 Å². The number of fused-ring (bicyclic) bond motifs is 1. The van der Waals surface area contributed by atoms with Crippen molar-refractivity contribution in [1.82, 2.24) is 10.5 Å². The molecule has 1 atom stereocenters. The lowest BCUT2D eigenvalue weighted by Crippen LogP contribution is -2.37. The molecule has 0 aliphatic rings. The average molecular weight is 364 g/mol. The number of benzene rings is 2. The number of rotatable bonds is 6. The van der Waals surface area contributed by atoms with Crippen molar-refractivity contribution in [3.8, 4) is 0 Å². The summed E-state index contributed by atoms with van der Waals surface area (Å²) in [6, 6.07) is 14.1. The molecule has 0 spiro atoms. The number of hydrogen-bond acceptors (Lipinski definition) is 4. The second-order valence-electron chi connectivity index (χ2n) is 6.09. The molecule has 3 rings (SSSR count). The van der Waals surface area contributed by atoms with Crippen LogP contribution in [0.15, 0.2) is 60.8 Å². The number of para-hydroxylation sites is 1. The molecular weight excluding hydrogens is 344 g/mol. The molecule has 138 valence electrons. The summed E-state index contributed by atoms with van der Waals surface area (Å²) in [6.07, 6.45) is 5.04. The Hall–Kier alpha value is -3.42. The molecule has 0 radical (unpaired) electrons. The van der Waals surface area contributed by atoms with Crippen LogP contribution in [0.4, 0.5) is 5.69 Å². The van der Waals surface area contributed by atoms with Gasteiger partial charge >= 0.3 is 0 Å². The van der Waals surface area contributed by atoms with Gasteiger partial charge in [-0.3, -0.25) is 14.8 Å². The van der Waals surface area contributed by atoms with Gasteiger partial charge in [0.05, 0.1) is 6.04 Å². The van der Waals surface area contributed by atoms with Crippen LogP contribution in [0.3, 0.4) is 0 Å². The van der Waals surface area contributed by atoms with Crippen LogP contribution in [0.5, 0.6) is 0 Å². The topological polar surface area (TPSA) is 120 Å². The molecule has 6 N–H and O–H groups in total. The summed E-state index contributed by atoms with van der Waals surface area (Å²) in [5.74, 6) is -0.890. The van der Waals surface area contributed by atoms with Crippen LogP contribution < -0.4 is 16.5 Å². The number of H-pyrrole nitrogens is 1. The van der Waals surface area contributed by atoms with Crippen LogP contribution >= 0.6 is 0 Å². The van der Waals surface area contributed by atoms with Crippen LogP contribution in [0.2, 0.25) is 0 Å². The van der Waals surface area contributed by atoms with E-state index in [-0.39, 0.29) is 5.91 Å². The van der Waals surface area contributed by atoms with Crippen molar-refractivity contribution in [3.63, 3.8) is 0 Å². The van der Waals surface area contributed by atoms with Crippen LogP contribution in [0, 0.1) is 0 Å². The predicted octanol–water partition coefficient (Wildman–Crippen LogP) is 2.20. The third kappa shape index (κ3) is 4.60. The molecule has 1 aromatic heterocycles. The summed E-state index contributed by atoms with van der Waals surface area (Å²) in [5.41, 5.74) is 11.0. The minimum absolute atomic E-state index is 0.275. The Morgan fingerprint density at radius 2 is 1.89 bits per heavy atom. The van der Waals surface area contributed by atoms with Gasteiger partial charge in [0, 0.05) is 28.9 Å². The molecule has 0 saturated heterocycles. The van der Waals surface area contributed by atoms with Crippen molar-refractivity contribution >= 4 is 34.5 Å². The van der Waals surface area contributed by atoms with Gasteiger partial charge in [-0.15, -0.1) is 0 Å². The smallest absolute Gasteiger partial charge is 0.267 e. The fourth-order valence-electron chi connectivity index (χ4n) is 2.75. The Balaban J connectivity index is 1.61. The fourth-order valence-corrected chi connectivity index (χ4v) is 2.75. The molecule has 1 heterocycles. The molecule has 0 bridgehead atoms. The van der Waals surface area contributed by atoms with Crippen molar-refractivity contribution in [1.29, 1.82) is 0 Å². The van der Waals surface area contributed by atoms with E-state index >= 15 is 0 Å². The quantitative estimate of drug-likeness (QED) is 0.262. The third-order valence-corrected chi connectivity index (χ3v) is 4.17. The SMILES string of the molecule is N[C@@H](Cc1c[nH]c2ccccc12)C(=O)Nc1ccc(C=CC(=O)NO)cc1. The fraction of sp³-hybridized carbons (Fsp3) is 0.100. The lowest BCUT2D eigenvalue weighted by Gasteiger charge is -2.12.